The molecule has 0 fully saturated rings. The number of carbonyl (C=O) groups is 1. The first-order valence-corrected chi connectivity index (χ1v) is 9.42. The number of ketones is 1. The number of aromatic nitrogens is 1. The molecule has 0 amide bonds. The quantitative estimate of drug-likeness (QED) is 0.534. The molecule has 1 aliphatic rings. The highest BCUT2D eigenvalue weighted by atomic mass is 19.1. The van der Waals surface area contributed by atoms with Crippen molar-refractivity contribution in [2.24, 2.45) is 0 Å². The zero-order valence-corrected chi connectivity index (χ0v) is 16.2. The Morgan fingerprint density at radius 3 is 2.61 bits per heavy atom. The molecule has 0 aliphatic carbocycles. The molecule has 3 nitrogen and oxygen atoms in total. The van der Waals surface area contributed by atoms with E-state index in [1.54, 1.807) is 24.5 Å². The number of Topliss-reactive ketones (excluding diaryl/α,β-unsaturated/α-hetero) is 1. The van der Waals surface area contributed by atoms with Crippen molar-refractivity contribution in [3.8, 4) is 16.9 Å². The summed E-state index contributed by atoms with van der Waals surface area (Å²) in [5.74, 6) is 0.565. The molecule has 142 valence electrons. The monoisotopic (exact) mass is 375 g/mol. The van der Waals surface area contributed by atoms with Crippen LogP contribution >= 0.6 is 0 Å². The summed E-state index contributed by atoms with van der Waals surface area (Å²) in [7, 11) is 0. The standard InChI is InChI=1S/C24H22FNO2/c1-15(16-4-7-18(25)8-5-16)12-22(27)17-6-9-19-20-10-11-26-14-23(20)28-24(2,3)21(19)13-17/h4-11,13-15H,12H2,1-3H3/t15-/m0/s1. The lowest BCUT2D eigenvalue weighted by molar-refractivity contribution is 0.0971. The molecule has 4 rings (SSSR count). The molecule has 0 saturated carbocycles. The summed E-state index contributed by atoms with van der Waals surface area (Å²) in [5, 5.41) is 0. The van der Waals surface area contributed by atoms with Crippen molar-refractivity contribution in [1.29, 1.82) is 0 Å². The third kappa shape index (κ3) is 3.31. The van der Waals surface area contributed by atoms with Gasteiger partial charge >= 0.3 is 0 Å². The van der Waals surface area contributed by atoms with Gasteiger partial charge in [-0.25, -0.2) is 4.39 Å². The third-order valence-corrected chi connectivity index (χ3v) is 5.36. The molecule has 0 spiro atoms. The Morgan fingerprint density at radius 1 is 1.11 bits per heavy atom. The average molecular weight is 375 g/mol. The number of nitrogens with zero attached hydrogens (tertiary/aromatic N) is 1. The summed E-state index contributed by atoms with van der Waals surface area (Å²) in [6.07, 6.45) is 3.84. The highest BCUT2D eigenvalue weighted by Gasteiger charge is 2.33. The first-order valence-electron chi connectivity index (χ1n) is 9.42. The van der Waals surface area contributed by atoms with E-state index in [-0.39, 0.29) is 17.5 Å². The topological polar surface area (TPSA) is 39.2 Å². The van der Waals surface area contributed by atoms with E-state index in [4.69, 9.17) is 4.74 Å². The lowest BCUT2D eigenvalue weighted by atomic mass is 9.84. The van der Waals surface area contributed by atoms with Gasteiger partial charge in [0.15, 0.2) is 5.78 Å². The Labute approximate surface area is 164 Å². The molecular formula is C24H22FNO2. The molecule has 0 bridgehead atoms. The predicted molar refractivity (Wildman–Crippen MR) is 107 cm³/mol. The number of rotatable bonds is 4. The number of pyridine rings is 1. The number of benzene rings is 2. The van der Waals surface area contributed by atoms with Gasteiger partial charge in [0, 0.05) is 29.3 Å². The number of halogens is 1. The van der Waals surface area contributed by atoms with Gasteiger partial charge in [-0.15, -0.1) is 0 Å². The van der Waals surface area contributed by atoms with Crippen LogP contribution in [0.15, 0.2) is 60.9 Å². The number of ether oxygens (including phenoxy) is 1. The molecule has 0 unspecified atom stereocenters. The molecule has 1 atom stereocenters. The molecule has 4 heteroatoms. The highest BCUT2D eigenvalue weighted by molar-refractivity contribution is 5.97. The van der Waals surface area contributed by atoms with Crippen LogP contribution in [0.4, 0.5) is 4.39 Å². The Hall–Kier alpha value is -3.01. The van der Waals surface area contributed by atoms with Crippen molar-refractivity contribution >= 4 is 5.78 Å². The van der Waals surface area contributed by atoms with Crippen LogP contribution in [0.3, 0.4) is 0 Å². The van der Waals surface area contributed by atoms with Gasteiger partial charge in [0.05, 0.1) is 6.20 Å². The van der Waals surface area contributed by atoms with Gasteiger partial charge in [-0.3, -0.25) is 9.78 Å². The summed E-state index contributed by atoms with van der Waals surface area (Å²) in [5.41, 5.74) is 4.12. The van der Waals surface area contributed by atoms with E-state index in [1.807, 2.05) is 45.0 Å². The molecule has 2 heterocycles. The van der Waals surface area contributed by atoms with Gasteiger partial charge < -0.3 is 4.74 Å². The van der Waals surface area contributed by atoms with Gasteiger partial charge in [-0.05, 0) is 55.2 Å². The Bertz CT molecular complexity index is 1040. The molecule has 3 aromatic rings. The maximum absolute atomic E-state index is 13.1. The van der Waals surface area contributed by atoms with Crippen molar-refractivity contribution in [3.05, 3.63) is 83.4 Å². The van der Waals surface area contributed by atoms with E-state index in [9.17, 15) is 9.18 Å². The third-order valence-electron chi connectivity index (χ3n) is 5.36. The van der Waals surface area contributed by atoms with Gasteiger partial charge in [0.25, 0.3) is 0 Å². The normalized spacial score (nSPS) is 15.1. The lowest BCUT2D eigenvalue weighted by Gasteiger charge is -2.35. The van der Waals surface area contributed by atoms with Crippen LogP contribution in [0.1, 0.15) is 54.6 Å². The van der Waals surface area contributed by atoms with E-state index in [0.717, 1.165) is 28.0 Å². The maximum Gasteiger partial charge on any atom is 0.163 e. The summed E-state index contributed by atoms with van der Waals surface area (Å²) < 4.78 is 19.3. The molecule has 0 N–H and O–H groups in total. The first-order chi connectivity index (χ1) is 13.3. The van der Waals surface area contributed by atoms with E-state index in [1.165, 1.54) is 12.1 Å². The van der Waals surface area contributed by atoms with Crippen molar-refractivity contribution in [2.75, 3.05) is 0 Å². The second-order valence-electron chi connectivity index (χ2n) is 7.82. The summed E-state index contributed by atoms with van der Waals surface area (Å²) in [4.78, 5) is 17.1. The number of hydrogen-bond donors (Lipinski definition) is 0. The minimum atomic E-state index is -0.551. The molecule has 1 aliphatic heterocycles. The molecule has 0 saturated heterocycles. The Morgan fingerprint density at radius 2 is 1.86 bits per heavy atom. The molecule has 0 radical (unpaired) electrons. The van der Waals surface area contributed by atoms with Crippen LogP contribution in [0, 0.1) is 5.82 Å². The Kier molecular flexibility index (Phi) is 4.50. The fourth-order valence-corrected chi connectivity index (χ4v) is 3.77. The van der Waals surface area contributed by atoms with Crippen LogP contribution in [-0.2, 0) is 5.60 Å². The van der Waals surface area contributed by atoms with Gasteiger partial charge in [-0.1, -0.05) is 31.2 Å². The summed E-state index contributed by atoms with van der Waals surface area (Å²) in [6.45, 7) is 5.98. The largest absolute Gasteiger partial charge is 0.481 e. The lowest BCUT2D eigenvalue weighted by Crippen LogP contribution is -2.29. The van der Waals surface area contributed by atoms with Gasteiger partial charge in [0.1, 0.15) is 17.2 Å². The average Bonchev–Trinajstić information content (AvgIpc) is 2.68. The number of fused-ring (bicyclic) bond motifs is 3. The maximum atomic E-state index is 13.1. The zero-order chi connectivity index (χ0) is 19.9. The summed E-state index contributed by atoms with van der Waals surface area (Å²) >= 11 is 0. The van der Waals surface area contributed by atoms with Crippen molar-refractivity contribution in [1.82, 2.24) is 4.98 Å². The van der Waals surface area contributed by atoms with Gasteiger partial charge in [-0.2, -0.15) is 0 Å². The first kappa shape index (κ1) is 18.4. The summed E-state index contributed by atoms with van der Waals surface area (Å²) in [6, 6.07) is 14.1. The molecular weight excluding hydrogens is 353 g/mol. The Balaban J connectivity index is 1.63. The van der Waals surface area contributed by atoms with E-state index < -0.39 is 5.60 Å². The van der Waals surface area contributed by atoms with Crippen molar-refractivity contribution in [3.63, 3.8) is 0 Å². The minimum absolute atomic E-state index is 0.0141. The van der Waals surface area contributed by atoms with Crippen LogP contribution in [0.25, 0.3) is 11.1 Å². The highest BCUT2D eigenvalue weighted by Crippen LogP contribution is 2.44. The van der Waals surface area contributed by atoms with E-state index in [2.05, 4.69) is 4.98 Å². The predicted octanol–water partition coefficient (Wildman–Crippen LogP) is 5.89. The molecule has 2 aromatic carbocycles. The molecule has 1 aromatic heterocycles. The van der Waals surface area contributed by atoms with Crippen molar-refractivity contribution < 1.29 is 13.9 Å². The van der Waals surface area contributed by atoms with E-state index >= 15 is 0 Å². The number of hydrogen-bond acceptors (Lipinski definition) is 3. The van der Waals surface area contributed by atoms with Gasteiger partial charge in [0.2, 0.25) is 0 Å². The fourth-order valence-electron chi connectivity index (χ4n) is 3.77. The second-order valence-corrected chi connectivity index (χ2v) is 7.82. The van der Waals surface area contributed by atoms with Crippen LogP contribution < -0.4 is 4.74 Å². The smallest absolute Gasteiger partial charge is 0.163 e. The van der Waals surface area contributed by atoms with Crippen molar-refractivity contribution in [2.45, 2.75) is 38.7 Å². The minimum Gasteiger partial charge on any atom is -0.481 e. The molecule has 28 heavy (non-hydrogen) atoms. The second kappa shape index (κ2) is 6.86. The van der Waals surface area contributed by atoms with E-state index in [0.29, 0.717) is 12.0 Å². The fraction of sp³-hybridized carbons (Fsp3) is 0.250. The van der Waals surface area contributed by atoms with Crippen LogP contribution in [0.5, 0.6) is 5.75 Å². The zero-order valence-electron chi connectivity index (χ0n) is 16.2. The number of carbonyl (C=O) groups excluding carboxylic acids is 1. The van der Waals surface area contributed by atoms with Crippen LogP contribution in [-0.4, -0.2) is 10.8 Å². The SMILES string of the molecule is C[C@@H](CC(=O)c1ccc2c(c1)C(C)(C)Oc1cnccc1-2)c1ccc(F)cc1. The van der Waals surface area contributed by atoms with Crippen LogP contribution in [0.2, 0.25) is 0 Å².